The Kier molecular flexibility index (Phi) is 5.54. The van der Waals surface area contributed by atoms with Crippen molar-refractivity contribution in [1.29, 1.82) is 0 Å². The number of aliphatic carboxylic acids is 1. The molecule has 8 heteroatoms. The van der Waals surface area contributed by atoms with E-state index in [2.05, 4.69) is 29.6 Å². The van der Waals surface area contributed by atoms with Crippen LogP contribution in [-0.2, 0) is 14.3 Å². The summed E-state index contributed by atoms with van der Waals surface area (Å²) in [4.78, 5) is 37.6. The van der Waals surface area contributed by atoms with Crippen LogP contribution >= 0.6 is 0 Å². The fourth-order valence-corrected chi connectivity index (χ4v) is 5.14. The van der Waals surface area contributed by atoms with Crippen molar-refractivity contribution < 1.29 is 29.3 Å². The summed E-state index contributed by atoms with van der Waals surface area (Å²) in [5, 5.41) is 21.8. The Hall–Kier alpha value is -3.39. The van der Waals surface area contributed by atoms with E-state index >= 15 is 0 Å². The predicted octanol–water partition coefficient (Wildman–Crippen LogP) is 2.21. The summed E-state index contributed by atoms with van der Waals surface area (Å²) in [6, 6.07) is 15.2. The summed E-state index contributed by atoms with van der Waals surface area (Å²) in [5.74, 6) is -1.77. The van der Waals surface area contributed by atoms with Crippen molar-refractivity contribution in [1.82, 2.24) is 10.2 Å². The van der Waals surface area contributed by atoms with Crippen LogP contribution in [0.2, 0.25) is 0 Å². The van der Waals surface area contributed by atoms with Crippen molar-refractivity contribution in [2.75, 3.05) is 19.7 Å². The first-order chi connectivity index (χ1) is 15.9. The van der Waals surface area contributed by atoms with E-state index in [1.165, 1.54) is 4.90 Å². The van der Waals surface area contributed by atoms with Gasteiger partial charge in [-0.2, -0.15) is 0 Å². The molecule has 2 amide bonds. The number of alkyl carbamates (subject to hydrolysis) is 1. The van der Waals surface area contributed by atoms with Gasteiger partial charge in [0.25, 0.3) is 0 Å². The van der Waals surface area contributed by atoms with E-state index in [1.807, 2.05) is 24.3 Å². The molecular weight excluding hydrogens is 424 g/mol. The number of hydrogen-bond acceptors (Lipinski definition) is 5. The van der Waals surface area contributed by atoms with Crippen LogP contribution in [0.5, 0.6) is 0 Å². The van der Waals surface area contributed by atoms with Gasteiger partial charge in [-0.25, -0.2) is 9.59 Å². The number of nitrogens with one attached hydrogen (secondary N) is 1. The lowest BCUT2D eigenvalue weighted by atomic mass is 9.98. The summed E-state index contributed by atoms with van der Waals surface area (Å²) in [6.45, 7) is 0.554. The lowest BCUT2D eigenvalue weighted by Gasteiger charge is -2.21. The molecule has 0 spiro atoms. The third-order valence-corrected chi connectivity index (χ3v) is 6.94. The van der Waals surface area contributed by atoms with Crippen molar-refractivity contribution in [2.24, 2.45) is 11.8 Å². The van der Waals surface area contributed by atoms with Crippen LogP contribution in [0.15, 0.2) is 48.5 Å². The van der Waals surface area contributed by atoms with Gasteiger partial charge >= 0.3 is 12.1 Å². The first kappa shape index (κ1) is 21.5. The zero-order valence-corrected chi connectivity index (χ0v) is 18.0. The molecule has 1 saturated carbocycles. The number of carboxylic acid groups (broad SMARTS) is 1. The number of amides is 2. The lowest BCUT2D eigenvalue weighted by molar-refractivity contribution is -0.148. The van der Waals surface area contributed by atoms with Crippen molar-refractivity contribution in [3.8, 4) is 11.1 Å². The molecule has 172 valence electrons. The maximum absolute atomic E-state index is 12.7. The first-order valence-electron chi connectivity index (χ1n) is 11.2. The molecule has 8 nitrogen and oxygen atoms in total. The number of nitrogens with zero attached hydrogens (tertiary/aromatic N) is 1. The normalized spacial score (nSPS) is 25.3. The number of likely N-dealkylation sites (tertiary alicyclic amines) is 1. The number of hydrogen-bond donors (Lipinski definition) is 3. The third-order valence-electron chi connectivity index (χ3n) is 6.94. The number of rotatable bonds is 6. The maximum Gasteiger partial charge on any atom is 0.407 e. The van der Waals surface area contributed by atoms with Gasteiger partial charge < -0.3 is 25.2 Å². The largest absolute Gasteiger partial charge is 0.480 e. The van der Waals surface area contributed by atoms with Gasteiger partial charge in [-0.1, -0.05) is 48.5 Å². The molecule has 1 aliphatic heterocycles. The molecule has 5 rings (SSSR count). The minimum absolute atomic E-state index is 0.0204. The van der Waals surface area contributed by atoms with Crippen molar-refractivity contribution in [2.45, 2.75) is 30.9 Å². The molecule has 2 aliphatic carbocycles. The van der Waals surface area contributed by atoms with E-state index < -0.39 is 24.2 Å². The zero-order chi connectivity index (χ0) is 23.1. The van der Waals surface area contributed by atoms with E-state index in [-0.39, 0.29) is 43.2 Å². The minimum Gasteiger partial charge on any atom is -0.480 e. The number of ether oxygens (including phenoxy) is 1. The molecule has 2 fully saturated rings. The van der Waals surface area contributed by atoms with Crippen molar-refractivity contribution in [3.05, 3.63) is 59.7 Å². The van der Waals surface area contributed by atoms with Gasteiger partial charge in [0, 0.05) is 31.3 Å². The van der Waals surface area contributed by atoms with E-state index in [1.54, 1.807) is 0 Å². The van der Waals surface area contributed by atoms with Gasteiger partial charge in [-0.15, -0.1) is 0 Å². The predicted molar refractivity (Wildman–Crippen MR) is 118 cm³/mol. The Bertz CT molecular complexity index is 1060. The van der Waals surface area contributed by atoms with Crippen LogP contribution < -0.4 is 5.32 Å². The fraction of sp³-hybridized carbons (Fsp3) is 0.400. The Morgan fingerprint density at radius 3 is 2.27 bits per heavy atom. The molecule has 0 aromatic heterocycles. The van der Waals surface area contributed by atoms with Crippen molar-refractivity contribution in [3.63, 3.8) is 0 Å². The number of carbonyl (C=O) groups is 3. The van der Waals surface area contributed by atoms with Gasteiger partial charge in [0.05, 0.1) is 6.10 Å². The average Bonchev–Trinajstić information content (AvgIpc) is 3.38. The summed E-state index contributed by atoms with van der Waals surface area (Å²) >= 11 is 0. The Morgan fingerprint density at radius 1 is 1.00 bits per heavy atom. The number of aliphatic hydroxyl groups is 1. The van der Waals surface area contributed by atoms with Crippen LogP contribution in [0.4, 0.5) is 4.79 Å². The fourth-order valence-electron chi connectivity index (χ4n) is 5.14. The van der Waals surface area contributed by atoms with E-state index in [0.29, 0.717) is 13.0 Å². The summed E-state index contributed by atoms with van der Waals surface area (Å²) < 4.78 is 5.52. The highest BCUT2D eigenvalue weighted by Gasteiger charge is 2.49. The molecule has 0 radical (unpaired) electrons. The summed E-state index contributed by atoms with van der Waals surface area (Å²) in [5.41, 5.74) is 4.60. The third kappa shape index (κ3) is 4.06. The highest BCUT2D eigenvalue weighted by atomic mass is 16.5. The topological polar surface area (TPSA) is 116 Å². The minimum atomic E-state index is -1.10. The Labute approximate surface area is 191 Å². The number of carboxylic acids is 1. The molecular formula is C25H26N2O6. The van der Waals surface area contributed by atoms with Gasteiger partial charge in [0.1, 0.15) is 12.6 Å². The number of β-amino-alcohol motifs (C(OH)–C–C–N with tert-alkyl or cyclic N) is 1. The second kappa shape index (κ2) is 8.51. The van der Waals surface area contributed by atoms with E-state index in [4.69, 9.17) is 4.74 Å². The number of aliphatic hydroxyl groups excluding tert-OH is 1. The molecule has 1 heterocycles. The van der Waals surface area contributed by atoms with Crippen LogP contribution in [0.3, 0.4) is 0 Å². The van der Waals surface area contributed by atoms with Gasteiger partial charge in [-0.3, -0.25) is 4.79 Å². The van der Waals surface area contributed by atoms with Crippen LogP contribution in [-0.4, -0.2) is 64.9 Å². The highest BCUT2D eigenvalue weighted by molar-refractivity contribution is 5.87. The Morgan fingerprint density at radius 2 is 1.64 bits per heavy atom. The number of fused-ring (bicyclic) bond motifs is 3. The van der Waals surface area contributed by atoms with Gasteiger partial charge in [-0.05, 0) is 34.6 Å². The lowest BCUT2D eigenvalue weighted by Crippen LogP contribution is -2.42. The second-order valence-corrected chi connectivity index (χ2v) is 9.04. The zero-order valence-electron chi connectivity index (χ0n) is 18.0. The van der Waals surface area contributed by atoms with Gasteiger partial charge in [0.2, 0.25) is 5.91 Å². The summed E-state index contributed by atoms with van der Waals surface area (Å²) in [7, 11) is 0. The molecule has 1 saturated heterocycles. The number of benzene rings is 2. The molecule has 0 unspecified atom stereocenters. The molecule has 3 N–H and O–H groups in total. The molecule has 4 atom stereocenters. The van der Waals surface area contributed by atoms with Crippen LogP contribution in [0, 0.1) is 11.8 Å². The molecule has 3 aliphatic rings. The average molecular weight is 450 g/mol. The first-order valence-corrected chi connectivity index (χ1v) is 11.2. The second-order valence-electron chi connectivity index (χ2n) is 9.04. The molecule has 0 bridgehead atoms. The number of carbonyl (C=O) groups excluding carboxylic acids is 2. The van der Waals surface area contributed by atoms with Gasteiger partial charge in [0.15, 0.2) is 0 Å². The molecule has 2 aromatic rings. The van der Waals surface area contributed by atoms with Crippen molar-refractivity contribution >= 4 is 18.0 Å². The molecule has 33 heavy (non-hydrogen) atoms. The maximum atomic E-state index is 12.7. The van der Waals surface area contributed by atoms with E-state index in [0.717, 1.165) is 22.3 Å². The highest BCUT2D eigenvalue weighted by Crippen LogP contribution is 2.44. The summed E-state index contributed by atoms with van der Waals surface area (Å²) in [6.07, 6.45) is -0.709. The van der Waals surface area contributed by atoms with E-state index in [9.17, 15) is 24.6 Å². The van der Waals surface area contributed by atoms with Crippen LogP contribution in [0.25, 0.3) is 11.1 Å². The quantitative estimate of drug-likeness (QED) is 0.621. The van der Waals surface area contributed by atoms with Crippen LogP contribution in [0.1, 0.15) is 29.9 Å². The Balaban J connectivity index is 1.12. The SMILES string of the molecule is O=C(NC[C@H]1C[C@H]1C(=O)N1C[C@H](O)C[C@H]1C(=O)O)OCC1c2ccccc2-c2ccccc21. The standard InChI is InChI=1S/C25H26N2O6/c28-15-10-22(24(30)31)27(12-15)23(29)20-9-14(20)11-26-25(32)33-13-21-18-7-3-1-5-16(18)17-6-2-4-8-19(17)21/h1-8,14-15,20-22,28H,9-13H2,(H,26,32)(H,30,31)/t14-,15-,20-,22+/m1/s1. The smallest absolute Gasteiger partial charge is 0.407 e. The molecule has 2 aromatic carbocycles. The monoisotopic (exact) mass is 450 g/mol.